The Balaban J connectivity index is 2.00. The SMILES string of the molecule is CCCN1C(=O)CC(Sc2nc(CC(=O)O)cs2)C1=O. The zero-order valence-corrected chi connectivity index (χ0v) is 12.5. The zero-order valence-electron chi connectivity index (χ0n) is 10.9. The monoisotopic (exact) mass is 314 g/mol. The summed E-state index contributed by atoms with van der Waals surface area (Å²) in [5.74, 6) is -1.25. The Kier molecular flexibility index (Phi) is 4.77. The first-order valence-electron chi connectivity index (χ1n) is 6.18. The van der Waals surface area contributed by atoms with Crippen LogP contribution >= 0.6 is 23.1 Å². The van der Waals surface area contributed by atoms with Gasteiger partial charge < -0.3 is 5.11 Å². The number of hydrogen-bond donors (Lipinski definition) is 1. The Bertz CT molecular complexity index is 543. The standard InChI is InChI=1S/C12H14N2O4S2/c1-2-3-14-9(15)5-8(11(14)18)20-12-13-7(6-19-12)4-10(16)17/h6,8H,2-5H2,1H3,(H,16,17). The lowest BCUT2D eigenvalue weighted by Crippen LogP contribution is -2.31. The first-order chi connectivity index (χ1) is 9.51. The molecule has 1 N–H and O–H groups in total. The lowest BCUT2D eigenvalue weighted by Gasteiger charge is -2.12. The number of thioether (sulfide) groups is 1. The van der Waals surface area contributed by atoms with Crippen LogP contribution < -0.4 is 0 Å². The molecule has 2 rings (SSSR count). The predicted octanol–water partition coefficient (Wildman–Crippen LogP) is 1.40. The number of carboxylic acids is 1. The van der Waals surface area contributed by atoms with Crippen LogP contribution in [0.25, 0.3) is 0 Å². The summed E-state index contributed by atoms with van der Waals surface area (Å²) in [6.07, 6.45) is 0.808. The second kappa shape index (κ2) is 6.36. The van der Waals surface area contributed by atoms with E-state index in [0.717, 1.165) is 6.42 Å². The van der Waals surface area contributed by atoms with E-state index in [0.29, 0.717) is 16.6 Å². The summed E-state index contributed by atoms with van der Waals surface area (Å²) in [5, 5.41) is 9.92. The topological polar surface area (TPSA) is 87.6 Å². The van der Waals surface area contributed by atoms with E-state index in [2.05, 4.69) is 4.98 Å². The molecule has 108 valence electrons. The van der Waals surface area contributed by atoms with E-state index in [1.54, 1.807) is 5.38 Å². The Morgan fingerprint density at radius 1 is 1.60 bits per heavy atom. The van der Waals surface area contributed by atoms with Gasteiger partial charge in [0.15, 0.2) is 4.34 Å². The number of hydrogen-bond acceptors (Lipinski definition) is 6. The minimum Gasteiger partial charge on any atom is -0.481 e. The summed E-state index contributed by atoms with van der Waals surface area (Å²) >= 11 is 2.55. The van der Waals surface area contributed by atoms with Crippen LogP contribution in [-0.4, -0.2) is 44.6 Å². The molecule has 2 heterocycles. The number of nitrogens with zero attached hydrogens (tertiary/aromatic N) is 2. The average molecular weight is 314 g/mol. The van der Waals surface area contributed by atoms with E-state index in [-0.39, 0.29) is 24.7 Å². The van der Waals surface area contributed by atoms with Gasteiger partial charge >= 0.3 is 5.97 Å². The number of aliphatic carboxylic acids is 1. The minimum absolute atomic E-state index is 0.128. The highest BCUT2D eigenvalue weighted by atomic mass is 32.2. The maximum Gasteiger partial charge on any atom is 0.309 e. The maximum atomic E-state index is 12.1. The Morgan fingerprint density at radius 2 is 2.35 bits per heavy atom. The number of rotatable bonds is 6. The molecular weight excluding hydrogens is 300 g/mol. The highest BCUT2D eigenvalue weighted by Crippen LogP contribution is 2.33. The van der Waals surface area contributed by atoms with Crippen molar-refractivity contribution < 1.29 is 19.5 Å². The summed E-state index contributed by atoms with van der Waals surface area (Å²) in [6, 6.07) is 0. The van der Waals surface area contributed by atoms with Crippen LogP contribution in [0.5, 0.6) is 0 Å². The molecule has 1 atom stereocenters. The third-order valence-corrected chi connectivity index (χ3v) is 4.96. The third kappa shape index (κ3) is 3.37. The van der Waals surface area contributed by atoms with Gasteiger partial charge in [-0.25, -0.2) is 4.98 Å². The van der Waals surface area contributed by atoms with E-state index in [9.17, 15) is 14.4 Å². The molecule has 1 unspecified atom stereocenters. The number of imide groups is 1. The molecule has 20 heavy (non-hydrogen) atoms. The quantitative estimate of drug-likeness (QED) is 0.799. The fraction of sp³-hybridized carbons (Fsp3) is 0.500. The fourth-order valence-corrected chi connectivity index (χ4v) is 4.03. The third-order valence-electron chi connectivity index (χ3n) is 2.76. The smallest absolute Gasteiger partial charge is 0.309 e. The van der Waals surface area contributed by atoms with Crippen molar-refractivity contribution >= 4 is 40.9 Å². The van der Waals surface area contributed by atoms with Crippen molar-refractivity contribution in [2.45, 2.75) is 35.8 Å². The van der Waals surface area contributed by atoms with Crippen LogP contribution in [0.4, 0.5) is 0 Å². The van der Waals surface area contributed by atoms with Crippen LogP contribution in [0.1, 0.15) is 25.5 Å². The predicted molar refractivity (Wildman–Crippen MR) is 74.7 cm³/mol. The number of likely N-dealkylation sites (tertiary alicyclic amines) is 1. The van der Waals surface area contributed by atoms with Crippen LogP contribution in [0.2, 0.25) is 0 Å². The molecule has 0 radical (unpaired) electrons. The highest BCUT2D eigenvalue weighted by molar-refractivity contribution is 8.02. The van der Waals surface area contributed by atoms with Gasteiger partial charge in [-0.2, -0.15) is 0 Å². The van der Waals surface area contributed by atoms with Crippen LogP contribution in [0, 0.1) is 0 Å². The molecule has 0 aliphatic carbocycles. The van der Waals surface area contributed by atoms with Gasteiger partial charge in [-0.05, 0) is 6.42 Å². The minimum atomic E-state index is -0.937. The van der Waals surface area contributed by atoms with E-state index >= 15 is 0 Å². The Hall–Kier alpha value is -1.41. The molecular formula is C12H14N2O4S2. The molecule has 6 nitrogen and oxygen atoms in total. The van der Waals surface area contributed by atoms with Crippen LogP contribution in [0.15, 0.2) is 9.72 Å². The van der Waals surface area contributed by atoms with Gasteiger partial charge in [0.1, 0.15) is 0 Å². The van der Waals surface area contributed by atoms with E-state index in [1.165, 1.54) is 28.0 Å². The molecule has 0 aromatic carbocycles. The van der Waals surface area contributed by atoms with Gasteiger partial charge in [-0.15, -0.1) is 11.3 Å². The van der Waals surface area contributed by atoms with Crippen molar-refractivity contribution in [3.63, 3.8) is 0 Å². The number of aromatic nitrogens is 1. The van der Waals surface area contributed by atoms with E-state index < -0.39 is 11.2 Å². The van der Waals surface area contributed by atoms with E-state index in [1.807, 2.05) is 6.92 Å². The highest BCUT2D eigenvalue weighted by Gasteiger charge is 2.39. The number of carbonyl (C=O) groups excluding carboxylic acids is 2. The second-order valence-corrected chi connectivity index (χ2v) is 6.68. The van der Waals surface area contributed by atoms with Gasteiger partial charge in [0.25, 0.3) is 0 Å². The molecule has 1 aliphatic heterocycles. The van der Waals surface area contributed by atoms with E-state index in [4.69, 9.17) is 5.11 Å². The van der Waals surface area contributed by atoms with Gasteiger partial charge in [0, 0.05) is 18.3 Å². The summed E-state index contributed by atoms with van der Waals surface area (Å²) in [7, 11) is 0. The molecule has 2 amide bonds. The van der Waals surface area contributed by atoms with Crippen molar-refractivity contribution in [2.24, 2.45) is 0 Å². The van der Waals surface area contributed by atoms with Gasteiger partial charge in [-0.3, -0.25) is 19.3 Å². The summed E-state index contributed by atoms with van der Waals surface area (Å²) in [4.78, 5) is 39.8. The number of thiazole rings is 1. The largest absolute Gasteiger partial charge is 0.481 e. The van der Waals surface area contributed by atoms with Crippen molar-refractivity contribution in [1.82, 2.24) is 9.88 Å². The summed E-state index contributed by atoms with van der Waals surface area (Å²) < 4.78 is 0.630. The zero-order chi connectivity index (χ0) is 14.7. The van der Waals surface area contributed by atoms with Gasteiger partial charge in [0.05, 0.1) is 17.4 Å². The van der Waals surface area contributed by atoms with Gasteiger partial charge in [-0.1, -0.05) is 18.7 Å². The number of carboxylic acid groups (broad SMARTS) is 1. The first-order valence-corrected chi connectivity index (χ1v) is 7.94. The van der Waals surface area contributed by atoms with Crippen molar-refractivity contribution in [1.29, 1.82) is 0 Å². The Labute approximate surface area is 124 Å². The first kappa shape index (κ1) is 15.0. The summed E-state index contributed by atoms with van der Waals surface area (Å²) in [5.41, 5.74) is 0.479. The summed E-state index contributed by atoms with van der Waals surface area (Å²) in [6.45, 7) is 2.37. The maximum absolute atomic E-state index is 12.1. The fourth-order valence-electron chi connectivity index (χ4n) is 1.90. The molecule has 0 spiro atoms. The van der Waals surface area contributed by atoms with Gasteiger partial charge in [0.2, 0.25) is 11.8 Å². The lowest BCUT2D eigenvalue weighted by atomic mass is 10.3. The molecule has 1 aromatic rings. The molecule has 1 saturated heterocycles. The Morgan fingerprint density at radius 3 is 3.00 bits per heavy atom. The number of carbonyl (C=O) groups is 3. The van der Waals surface area contributed by atoms with Crippen LogP contribution in [-0.2, 0) is 20.8 Å². The second-order valence-electron chi connectivity index (χ2n) is 4.37. The molecule has 1 aromatic heterocycles. The molecule has 1 aliphatic rings. The normalized spacial score (nSPS) is 18.9. The molecule has 0 bridgehead atoms. The average Bonchev–Trinajstić information content (AvgIpc) is 2.89. The number of amides is 2. The lowest BCUT2D eigenvalue weighted by molar-refractivity contribution is -0.138. The van der Waals surface area contributed by atoms with Crippen molar-refractivity contribution in [3.05, 3.63) is 11.1 Å². The molecule has 8 heteroatoms. The molecule has 0 saturated carbocycles. The van der Waals surface area contributed by atoms with Crippen LogP contribution in [0.3, 0.4) is 0 Å². The van der Waals surface area contributed by atoms with Crippen molar-refractivity contribution in [2.75, 3.05) is 6.54 Å². The van der Waals surface area contributed by atoms with Crippen molar-refractivity contribution in [3.8, 4) is 0 Å². The molecule has 1 fully saturated rings.